The number of hydrogen-bond acceptors (Lipinski definition) is 4. The Morgan fingerprint density at radius 2 is 1.61 bits per heavy atom. The molecule has 0 fully saturated rings. The van der Waals surface area contributed by atoms with Crippen molar-refractivity contribution in [2.75, 3.05) is 13.7 Å². The Labute approximate surface area is 193 Å². The highest BCUT2D eigenvalue weighted by Gasteiger charge is 2.30. The third kappa shape index (κ3) is 7.90. The molecule has 168 valence electrons. The second kappa shape index (κ2) is 11.2. The number of carbonyl (C=O) groups excluding carboxylic acids is 2. The number of nitrogens with zero attached hydrogens (tertiary/aromatic N) is 1. The first kappa shape index (κ1) is 24.7. The van der Waals surface area contributed by atoms with Gasteiger partial charge in [-0.3, -0.25) is 9.59 Å². The highest BCUT2D eigenvalue weighted by molar-refractivity contribution is 9.10. The van der Waals surface area contributed by atoms with E-state index in [2.05, 4.69) is 21.2 Å². The van der Waals surface area contributed by atoms with Gasteiger partial charge in [0.15, 0.2) is 6.61 Å². The van der Waals surface area contributed by atoms with Crippen molar-refractivity contribution in [3.05, 3.63) is 58.6 Å². The average Bonchev–Trinajstić information content (AvgIpc) is 2.72. The molecule has 0 aliphatic rings. The molecule has 31 heavy (non-hydrogen) atoms. The number of benzene rings is 2. The first-order valence-electron chi connectivity index (χ1n) is 10.3. The van der Waals surface area contributed by atoms with Gasteiger partial charge in [-0.05, 0) is 69.2 Å². The van der Waals surface area contributed by atoms with E-state index in [0.29, 0.717) is 18.7 Å². The van der Waals surface area contributed by atoms with Crippen LogP contribution >= 0.6 is 15.9 Å². The SMILES string of the molecule is CC[C@@H](C(=O)NC(C)(C)C)N(Cc1ccc(OC)cc1)C(=O)COc1ccc(Br)cc1. The lowest BCUT2D eigenvalue weighted by Crippen LogP contribution is -2.54. The zero-order valence-corrected chi connectivity index (χ0v) is 20.4. The minimum absolute atomic E-state index is 0.156. The van der Waals surface area contributed by atoms with Gasteiger partial charge in [-0.2, -0.15) is 0 Å². The quantitative estimate of drug-likeness (QED) is 0.559. The van der Waals surface area contributed by atoms with Crippen LogP contribution in [0.15, 0.2) is 53.0 Å². The molecule has 0 bridgehead atoms. The van der Waals surface area contributed by atoms with E-state index in [9.17, 15) is 9.59 Å². The minimum atomic E-state index is -0.609. The Bertz CT molecular complexity index is 861. The number of ether oxygens (including phenoxy) is 2. The van der Waals surface area contributed by atoms with Crippen LogP contribution in [0, 0.1) is 0 Å². The van der Waals surface area contributed by atoms with Crippen molar-refractivity contribution < 1.29 is 19.1 Å². The Hall–Kier alpha value is -2.54. The largest absolute Gasteiger partial charge is 0.497 e. The van der Waals surface area contributed by atoms with Gasteiger partial charge in [-0.25, -0.2) is 0 Å². The van der Waals surface area contributed by atoms with Crippen molar-refractivity contribution in [3.8, 4) is 11.5 Å². The number of amides is 2. The van der Waals surface area contributed by atoms with Crippen LogP contribution in [0.5, 0.6) is 11.5 Å². The van der Waals surface area contributed by atoms with Crippen molar-refractivity contribution in [2.24, 2.45) is 0 Å². The number of halogens is 1. The third-order valence-electron chi connectivity index (χ3n) is 4.57. The molecular weight excluding hydrogens is 460 g/mol. The molecule has 0 heterocycles. The zero-order chi connectivity index (χ0) is 23.0. The summed E-state index contributed by atoms with van der Waals surface area (Å²) in [5.41, 5.74) is 0.507. The summed E-state index contributed by atoms with van der Waals surface area (Å²) in [7, 11) is 1.61. The maximum atomic E-state index is 13.2. The van der Waals surface area contributed by atoms with Crippen LogP contribution in [0.3, 0.4) is 0 Å². The smallest absolute Gasteiger partial charge is 0.261 e. The molecule has 1 N–H and O–H groups in total. The van der Waals surface area contributed by atoms with Crippen molar-refractivity contribution in [3.63, 3.8) is 0 Å². The van der Waals surface area contributed by atoms with Gasteiger partial charge in [-0.1, -0.05) is 35.0 Å². The van der Waals surface area contributed by atoms with Crippen LogP contribution in [0.2, 0.25) is 0 Å². The fourth-order valence-electron chi connectivity index (χ4n) is 3.06. The summed E-state index contributed by atoms with van der Waals surface area (Å²) in [6.07, 6.45) is 0.488. The minimum Gasteiger partial charge on any atom is -0.497 e. The maximum absolute atomic E-state index is 13.2. The van der Waals surface area contributed by atoms with E-state index in [1.54, 1.807) is 24.1 Å². The second-order valence-corrected chi connectivity index (χ2v) is 9.19. The molecule has 2 amide bonds. The van der Waals surface area contributed by atoms with Gasteiger partial charge in [0.2, 0.25) is 5.91 Å². The Balaban J connectivity index is 2.22. The van der Waals surface area contributed by atoms with Gasteiger partial charge < -0.3 is 19.7 Å². The van der Waals surface area contributed by atoms with E-state index in [-0.39, 0.29) is 18.4 Å². The number of nitrogens with one attached hydrogen (secondary N) is 1. The number of carbonyl (C=O) groups is 2. The van der Waals surface area contributed by atoms with Gasteiger partial charge in [0.1, 0.15) is 17.5 Å². The molecule has 0 spiro atoms. The normalized spacial score (nSPS) is 12.1. The predicted molar refractivity (Wildman–Crippen MR) is 125 cm³/mol. The second-order valence-electron chi connectivity index (χ2n) is 8.28. The molecule has 0 radical (unpaired) electrons. The fourth-order valence-corrected chi connectivity index (χ4v) is 3.32. The van der Waals surface area contributed by atoms with Gasteiger partial charge in [0.05, 0.1) is 7.11 Å². The zero-order valence-electron chi connectivity index (χ0n) is 18.8. The van der Waals surface area contributed by atoms with Crippen LogP contribution in [0.1, 0.15) is 39.7 Å². The van der Waals surface area contributed by atoms with E-state index in [1.165, 1.54) is 0 Å². The van der Waals surface area contributed by atoms with E-state index in [0.717, 1.165) is 15.8 Å². The van der Waals surface area contributed by atoms with Gasteiger partial charge in [0, 0.05) is 16.6 Å². The van der Waals surface area contributed by atoms with E-state index < -0.39 is 11.6 Å². The summed E-state index contributed by atoms with van der Waals surface area (Å²) in [5, 5.41) is 2.99. The molecule has 2 rings (SSSR count). The Kier molecular flexibility index (Phi) is 8.92. The molecule has 2 aromatic rings. The molecule has 2 aromatic carbocycles. The summed E-state index contributed by atoms with van der Waals surface area (Å²) >= 11 is 3.38. The molecule has 0 aromatic heterocycles. The lowest BCUT2D eigenvalue weighted by molar-refractivity contribution is -0.143. The molecule has 0 saturated heterocycles. The van der Waals surface area contributed by atoms with Crippen molar-refractivity contribution >= 4 is 27.7 Å². The van der Waals surface area contributed by atoms with E-state index >= 15 is 0 Å². The van der Waals surface area contributed by atoms with Crippen molar-refractivity contribution in [1.29, 1.82) is 0 Å². The third-order valence-corrected chi connectivity index (χ3v) is 5.10. The lowest BCUT2D eigenvalue weighted by Gasteiger charge is -2.33. The Morgan fingerprint density at radius 3 is 2.13 bits per heavy atom. The van der Waals surface area contributed by atoms with Crippen LogP contribution in [0.25, 0.3) is 0 Å². The highest BCUT2D eigenvalue weighted by Crippen LogP contribution is 2.19. The topological polar surface area (TPSA) is 67.9 Å². The predicted octanol–water partition coefficient (Wildman–Crippen LogP) is 4.56. The monoisotopic (exact) mass is 490 g/mol. The molecule has 7 heteroatoms. The summed E-state index contributed by atoms with van der Waals surface area (Å²) in [6, 6.07) is 14.1. The standard InChI is InChI=1S/C24H31BrN2O4/c1-6-21(23(29)26-24(2,3)4)27(15-17-7-11-19(30-5)12-8-17)22(28)16-31-20-13-9-18(25)10-14-20/h7-14,21H,6,15-16H2,1-5H3,(H,26,29)/t21-/m0/s1. The van der Waals surface area contributed by atoms with Crippen LogP contribution in [-0.4, -0.2) is 42.0 Å². The van der Waals surface area contributed by atoms with Crippen molar-refractivity contribution in [1.82, 2.24) is 10.2 Å². The molecular formula is C24H31BrN2O4. The van der Waals surface area contributed by atoms with E-state index in [1.807, 2.05) is 64.1 Å². The van der Waals surface area contributed by atoms with Crippen LogP contribution < -0.4 is 14.8 Å². The van der Waals surface area contributed by atoms with Gasteiger partial charge in [0.25, 0.3) is 5.91 Å². The summed E-state index contributed by atoms with van der Waals surface area (Å²) in [4.78, 5) is 27.7. The number of rotatable bonds is 9. The molecule has 0 aliphatic heterocycles. The first-order chi connectivity index (χ1) is 14.6. The highest BCUT2D eigenvalue weighted by atomic mass is 79.9. The van der Waals surface area contributed by atoms with E-state index in [4.69, 9.17) is 9.47 Å². The number of methoxy groups -OCH3 is 1. The molecule has 0 unspecified atom stereocenters. The summed E-state index contributed by atoms with van der Waals surface area (Å²) in [5.74, 6) is 0.890. The maximum Gasteiger partial charge on any atom is 0.261 e. The average molecular weight is 491 g/mol. The summed E-state index contributed by atoms with van der Waals surface area (Å²) in [6.45, 7) is 7.80. The molecule has 6 nitrogen and oxygen atoms in total. The molecule has 1 atom stereocenters. The number of hydrogen-bond donors (Lipinski definition) is 1. The lowest BCUT2D eigenvalue weighted by atomic mass is 10.1. The van der Waals surface area contributed by atoms with Gasteiger partial charge >= 0.3 is 0 Å². The van der Waals surface area contributed by atoms with Crippen molar-refractivity contribution in [2.45, 2.75) is 52.2 Å². The first-order valence-corrected chi connectivity index (χ1v) is 11.0. The summed E-state index contributed by atoms with van der Waals surface area (Å²) < 4.78 is 11.8. The molecule has 0 aliphatic carbocycles. The van der Waals surface area contributed by atoms with Gasteiger partial charge in [-0.15, -0.1) is 0 Å². The Morgan fingerprint density at radius 1 is 1.03 bits per heavy atom. The van der Waals surface area contributed by atoms with Crippen LogP contribution in [0.4, 0.5) is 0 Å². The fraction of sp³-hybridized carbons (Fsp3) is 0.417. The van der Waals surface area contributed by atoms with Crippen LogP contribution in [-0.2, 0) is 16.1 Å². The molecule has 0 saturated carbocycles.